The Labute approximate surface area is 364 Å². The first kappa shape index (κ1) is 43.9. The van der Waals surface area contributed by atoms with Crippen LogP contribution >= 0.6 is 0 Å². The third-order valence-corrected chi connectivity index (χ3v) is 12.6. The first-order valence-corrected chi connectivity index (χ1v) is 21.6. The van der Waals surface area contributed by atoms with Crippen molar-refractivity contribution >= 4 is 35.0 Å². The molecule has 2 aliphatic rings. The van der Waals surface area contributed by atoms with Crippen LogP contribution in [0, 0.1) is 23.7 Å². The van der Waals surface area contributed by atoms with Gasteiger partial charge in [0.15, 0.2) is 0 Å². The highest BCUT2D eigenvalue weighted by Crippen LogP contribution is 2.39. The second-order valence-corrected chi connectivity index (χ2v) is 17.9. The normalized spacial score (nSPS) is 19.9. The van der Waals surface area contributed by atoms with Crippen LogP contribution in [0.15, 0.2) is 72.9 Å². The van der Waals surface area contributed by atoms with E-state index in [1.807, 2.05) is 49.8 Å². The van der Waals surface area contributed by atoms with Crippen LogP contribution in [-0.4, -0.2) is 117 Å². The van der Waals surface area contributed by atoms with Gasteiger partial charge in [0.25, 0.3) is 0 Å². The molecular weight excluding hydrogens is 785 g/mol. The number of carbonyl (C=O) groups is 4. The molecule has 6 atom stereocenters. The number of methoxy groups -OCH3 is 2. The molecule has 328 valence electrons. The number of H-pyrrole nitrogens is 2. The maximum Gasteiger partial charge on any atom is 0.409 e. The fraction of sp³-hybridized carbons (Fsp3) is 0.458. The molecule has 3 aromatic carbocycles. The number of carbonyl (C=O) groups excluding carboxylic acids is 4. The van der Waals surface area contributed by atoms with Crippen LogP contribution in [0.1, 0.15) is 78.1 Å². The van der Waals surface area contributed by atoms with Gasteiger partial charge in [-0.05, 0) is 76.5 Å². The number of imidazole rings is 2. The Morgan fingerprint density at radius 1 is 0.645 bits per heavy atom. The number of aromatic nitrogens is 4. The van der Waals surface area contributed by atoms with Gasteiger partial charge in [0.1, 0.15) is 23.7 Å². The van der Waals surface area contributed by atoms with Crippen LogP contribution in [0.4, 0.5) is 9.59 Å². The van der Waals surface area contributed by atoms with E-state index in [2.05, 4.69) is 84.5 Å². The van der Waals surface area contributed by atoms with Crippen molar-refractivity contribution in [3.05, 3.63) is 84.6 Å². The lowest BCUT2D eigenvalue weighted by Crippen LogP contribution is -2.52. The second-order valence-electron chi connectivity index (χ2n) is 17.9. The Morgan fingerprint density at radius 3 is 1.55 bits per heavy atom. The van der Waals surface area contributed by atoms with E-state index in [4.69, 9.17) is 19.4 Å². The zero-order chi connectivity index (χ0) is 44.6. The minimum atomic E-state index is -0.651. The molecule has 14 heteroatoms. The van der Waals surface area contributed by atoms with E-state index in [0.29, 0.717) is 13.1 Å². The third-order valence-electron chi connectivity index (χ3n) is 12.6. The van der Waals surface area contributed by atoms with Crippen LogP contribution in [0.3, 0.4) is 0 Å². The SMILES string of the molecule is COC(=O)N(C)C(C(=O)N1C[C@@H](C)C[C@H]1c1nc2ccc(-c3ccc(-c4ccc(-c5cnc([C@@H]6C[C@H](C)CN6C(=O)[C@H](C(C)C)N(C)C(=O)OC)[nH]5)cc4)cc3)cc2[nH]1)C(C)C. The summed E-state index contributed by atoms with van der Waals surface area (Å²) in [6.45, 7) is 13.2. The number of nitrogens with zero attached hydrogens (tertiary/aromatic N) is 6. The number of fused-ring (bicyclic) bond motifs is 1. The summed E-state index contributed by atoms with van der Waals surface area (Å²) in [5, 5.41) is 0. The zero-order valence-corrected chi connectivity index (χ0v) is 37.5. The first-order chi connectivity index (χ1) is 29.6. The Morgan fingerprint density at radius 2 is 1.08 bits per heavy atom. The number of likely N-dealkylation sites (N-methyl/N-ethyl adjacent to an activating group) is 2. The lowest BCUT2D eigenvalue weighted by Gasteiger charge is -2.34. The van der Waals surface area contributed by atoms with Crippen molar-refractivity contribution in [2.24, 2.45) is 23.7 Å². The predicted octanol–water partition coefficient (Wildman–Crippen LogP) is 8.55. The van der Waals surface area contributed by atoms with Crippen molar-refractivity contribution in [1.82, 2.24) is 39.5 Å². The summed E-state index contributed by atoms with van der Waals surface area (Å²) < 4.78 is 9.88. The van der Waals surface area contributed by atoms with E-state index in [9.17, 15) is 19.2 Å². The monoisotopic (exact) mass is 844 g/mol. The quantitative estimate of drug-likeness (QED) is 0.134. The van der Waals surface area contributed by atoms with Gasteiger partial charge in [-0.1, -0.05) is 96.1 Å². The molecule has 0 spiro atoms. The Kier molecular flexibility index (Phi) is 12.8. The van der Waals surface area contributed by atoms with Crippen molar-refractivity contribution in [3.8, 4) is 33.5 Å². The lowest BCUT2D eigenvalue weighted by atomic mass is 9.99. The molecule has 0 aliphatic carbocycles. The molecule has 5 aromatic rings. The molecule has 4 amide bonds. The summed E-state index contributed by atoms with van der Waals surface area (Å²) in [7, 11) is 5.88. The van der Waals surface area contributed by atoms with Gasteiger partial charge >= 0.3 is 12.2 Å². The molecule has 2 aliphatic heterocycles. The number of amides is 4. The number of likely N-dealkylation sites (tertiary alicyclic amines) is 2. The smallest absolute Gasteiger partial charge is 0.409 e. The average molecular weight is 845 g/mol. The molecule has 2 aromatic heterocycles. The molecule has 14 nitrogen and oxygen atoms in total. The van der Waals surface area contributed by atoms with Crippen LogP contribution in [-0.2, 0) is 19.1 Å². The molecule has 2 saturated heterocycles. The summed E-state index contributed by atoms with van der Waals surface area (Å²) in [6, 6.07) is 21.3. The molecule has 62 heavy (non-hydrogen) atoms. The van der Waals surface area contributed by atoms with Crippen LogP contribution < -0.4 is 0 Å². The molecule has 2 N–H and O–H groups in total. The molecular formula is C48H60N8O6. The van der Waals surface area contributed by atoms with Gasteiger partial charge < -0.3 is 29.2 Å². The Bertz CT molecular complexity index is 2410. The molecule has 0 saturated carbocycles. The number of hydrogen-bond donors (Lipinski definition) is 2. The largest absolute Gasteiger partial charge is 0.453 e. The van der Waals surface area contributed by atoms with Crippen molar-refractivity contribution < 1.29 is 28.7 Å². The second kappa shape index (κ2) is 18.0. The molecule has 4 heterocycles. The zero-order valence-electron chi connectivity index (χ0n) is 37.5. The first-order valence-electron chi connectivity index (χ1n) is 21.6. The maximum absolute atomic E-state index is 14.0. The molecule has 7 rings (SSSR count). The van der Waals surface area contributed by atoms with Crippen molar-refractivity contribution in [3.63, 3.8) is 0 Å². The van der Waals surface area contributed by atoms with Gasteiger partial charge in [0.2, 0.25) is 11.8 Å². The fourth-order valence-corrected chi connectivity index (χ4v) is 9.47. The third kappa shape index (κ3) is 8.64. The maximum atomic E-state index is 14.0. The minimum absolute atomic E-state index is 0.0996. The number of ether oxygens (including phenoxy) is 2. The molecule has 2 fully saturated rings. The summed E-state index contributed by atoms with van der Waals surface area (Å²) in [5.74, 6) is 1.62. The highest BCUT2D eigenvalue weighted by Gasteiger charge is 2.43. The molecule has 0 radical (unpaired) electrons. The Balaban J connectivity index is 1.04. The number of benzene rings is 3. The van der Waals surface area contributed by atoms with Crippen molar-refractivity contribution in [2.45, 2.75) is 78.6 Å². The molecule has 1 unspecified atom stereocenters. The van der Waals surface area contributed by atoms with Gasteiger partial charge in [-0.25, -0.2) is 19.6 Å². The van der Waals surface area contributed by atoms with Gasteiger partial charge in [-0.3, -0.25) is 19.4 Å². The van der Waals surface area contributed by atoms with E-state index < -0.39 is 24.3 Å². The lowest BCUT2D eigenvalue weighted by molar-refractivity contribution is -0.139. The van der Waals surface area contributed by atoms with E-state index in [1.165, 1.54) is 24.0 Å². The number of aromatic amines is 2. The van der Waals surface area contributed by atoms with Gasteiger partial charge in [-0.2, -0.15) is 0 Å². The summed E-state index contributed by atoms with van der Waals surface area (Å²) >= 11 is 0. The number of rotatable bonds is 11. The molecule has 0 bridgehead atoms. The summed E-state index contributed by atoms with van der Waals surface area (Å²) in [6.07, 6.45) is 2.30. The number of nitrogens with one attached hydrogen (secondary N) is 2. The van der Waals surface area contributed by atoms with Crippen LogP contribution in [0.5, 0.6) is 0 Å². The highest BCUT2D eigenvalue weighted by molar-refractivity contribution is 5.88. The van der Waals surface area contributed by atoms with E-state index in [-0.39, 0.29) is 47.6 Å². The number of hydrogen-bond acceptors (Lipinski definition) is 8. The Hall–Kier alpha value is -6.18. The summed E-state index contributed by atoms with van der Waals surface area (Å²) in [5.41, 5.74) is 7.84. The predicted molar refractivity (Wildman–Crippen MR) is 239 cm³/mol. The van der Waals surface area contributed by atoms with E-state index in [1.54, 1.807) is 14.1 Å². The standard InChI is InChI=1S/C48H60N8O6/c1-27(2)41(53(7)47(59)61-9)45(57)55-25-29(5)21-39(55)43-49-24-38(52-43)34-17-15-32(16-18-34)31-11-13-33(14-12-31)35-19-20-36-37(23-35)51-44(50-36)40-22-30(6)26-56(40)46(58)42(28(3)4)54(8)48(60)62-10/h11-20,23-24,27-30,39-42H,21-22,25-26H2,1-10H3,(H,49,52)(H,50,51)/t29-,30-,39-,40-,41-,42?/m0/s1. The van der Waals surface area contributed by atoms with Crippen LogP contribution in [0.2, 0.25) is 0 Å². The fourth-order valence-electron chi connectivity index (χ4n) is 9.47. The average Bonchev–Trinajstić information content (AvgIpc) is 4.08. The van der Waals surface area contributed by atoms with Gasteiger partial charge in [-0.15, -0.1) is 0 Å². The highest BCUT2D eigenvalue weighted by atomic mass is 16.5. The van der Waals surface area contributed by atoms with Gasteiger partial charge in [0.05, 0.1) is 49.2 Å². The topological polar surface area (TPSA) is 157 Å². The van der Waals surface area contributed by atoms with Crippen molar-refractivity contribution in [1.29, 1.82) is 0 Å². The minimum Gasteiger partial charge on any atom is -0.453 e. The van der Waals surface area contributed by atoms with E-state index >= 15 is 0 Å². The van der Waals surface area contributed by atoms with Crippen molar-refractivity contribution in [2.75, 3.05) is 41.4 Å². The van der Waals surface area contributed by atoms with Gasteiger partial charge in [0, 0.05) is 27.2 Å². The summed E-state index contributed by atoms with van der Waals surface area (Å²) in [4.78, 5) is 76.0. The van der Waals surface area contributed by atoms with E-state index in [0.717, 1.165) is 69.0 Å². The van der Waals surface area contributed by atoms with Crippen LogP contribution in [0.25, 0.3) is 44.5 Å².